The van der Waals surface area contributed by atoms with Gasteiger partial charge in [0, 0.05) is 24.5 Å². The van der Waals surface area contributed by atoms with Crippen LogP contribution in [0, 0.1) is 0 Å². The number of rotatable bonds is 6. The maximum atomic E-state index is 12.4. The summed E-state index contributed by atoms with van der Waals surface area (Å²) in [5.74, 6) is 1.49. The lowest BCUT2D eigenvalue weighted by Crippen LogP contribution is -2.39. The lowest BCUT2D eigenvalue weighted by Gasteiger charge is -2.28. The molecule has 0 aliphatic heterocycles. The molecule has 7 heteroatoms. The zero-order valence-corrected chi connectivity index (χ0v) is 15.3. The maximum Gasteiger partial charge on any atom is 0.290 e. The predicted molar refractivity (Wildman–Crippen MR) is 101 cm³/mol. The fraction of sp³-hybridized carbons (Fsp3) is 0.286. The van der Waals surface area contributed by atoms with Crippen LogP contribution in [-0.4, -0.2) is 28.0 Å². The summed E-state index contributed by atoms with van der Waals surface area (Å²) in [5, 5.41) is 3.02. The minimum atomic E-state index is -0.235. The van der Waals surface area contributed by atoms with Gasteiger partial charge in [-0.2, -0.15) is 0 Å². The van der Waals surface area contributed by atoms with Gasteiger partial charge in [-0.25, -0.2) is 4.98 Å². The molecule has 0 radical (unpaired) electrons. The predicted octanol–water partition coefficient (Wildman–Crippen LogP) is 3.98. The molecular weight excluding hydrogens is 358 g/mol. The Morgan fingerprint density at radius 1 is 1.04 bits per heavy atom. The molecule has 0 saturated heterocycles. The first-order valence-corrected chi connectivity index (χ1v) is 9.32. The van der Waals surface area contributed by atoms with E-state index in [4.69, 9.17) is 13.9 Å². The highest BCUT2D eigenvalue weighted by molar-refractivity contribution is 5.91. The fourth-order valence-electron chi connectivity index (χ4n) is 3.20. The molecule has 2 heterocycles. The van der Waals surface area contributed by atoms with E-state index in [-0.39, 0.29) is 29.8 Å². The molecule has 1 aliphatic rings. The minimum Gasteiger partial charge on any atom is -0.473 e. The average molecular weight is 379 g/mol. The quantitative estimate of drug-likeness (QED) is 0.697. The maximum absolute atomic E-state index is 12.4. The zero-order chi connectivity index (χ0) is 19.2. The van der Waals surface area contributed by atoms with E-state index in [1.54, 1.807) is 30.7 Å². The van der Waals surface area contributed by atoms with E-state index in [0.29, 0.717) is 11.6 Å². The lowest BCUT2D eigenvalue weighted by molar-refractivity contribution is 0.0858. The van der Waals surface area contributed by atoms with Gasteiger partial charge in [-0.05, 0) is 43.9 Å². The third-order valence-corrected chi connectivity index (χ3v) is 4.60. The first-order valence-electron chi connectivity index (χ1n) is 9.32. The highest BCUT2D eigenvalue weighted by Crippen LogP contribution is 2.25. The first-order chi connectivity index (χ1) is 13.8. The van der Waals surface area contributed by atoms with Gasteiger partial charge in [0.15, 0.2) is 5.76 Å². The molecule has 1 aliphatic carbocycles. The van der Waals surface area contributed by atoms with Gasteiger partial charge in [0.2, 0.25) is 5.88 Å². The third kappa shape index (κ3) is 4.68. The summed E-state index contributed by atoms with van der Waals surface area (Å²) in [6.07, 6.45) is 8.31. The number of aromatic nitrogens is 2. The van der Waals surface area contributed by atoms with Crippen molar-refractivity contribution in [1.29, 1.82) is 0 Å². The van der Waals surface area contributed by atoms with Gasteiger partial charge in [-0.1, -0.05) is 18.2 Å². The van der Waals surface area contributed by atoms with Crippen molar-refractivity contribution in [3.8, 4) is 17.6 Å². The van der Waals surface area contributed by atoms with E-state index in [1.165, 1.54) is 0 Å². The van der Waals surface area contributed by atoms with Crippen molar-refractivity contribution in [2.24, 2.45) is 0 Å². The lowest BCUT2D eigenvalue weighted by atomic mass is 9.93. The summed E-state index contributed by atoms with van der Waals surface area (Å²) in [5.41, 5.74) is 0. The molecule has 1 saturated carbocycles. The largest absolute Gasteiger partial charge is 0.473 e. The molecule has 2 aromatic heterocycles. The summed E-state index contributed by atoms with van der Waals surface area (Å²) >= 11 is 0. The van der Waals surface area contributed by atoms with E-state index in [2.05, 4.69) is 15.3 Å². The number of ether oxygens (including phenoxy) is 2. The molecule has 3 aromatic rings. The number of para-hydroxylation sites is 1. The van der Waals surface area contributed by atoms with Crippen LogP contribution in [0.2, 0.25) is 0 Å². The first kappa shape index (κ1) is 18.0. The summed E-state index contributed by atoms with van der Waals surface area (Å²) in [4.78, 5) is 20.6. The molecule has 1 fully saturated rings. The Labute approximate surface area is 162 Å². The number of benzene rings is 1. The molecule has 4 rings (SSSR count). The fourth-order valence-corrected chi connectivity index (χ4v) is 3.20. The number of amides is 1. The summed E-state index contributed by atoms with van der Waals surface area (Å²) in [7, 11) is 0. The van der Waals surface area contributed by atoms with Crippen molar-refractivity contribution in [1.82, 2.24) is 15.3 Å². The van der Waals surface area contributed by atoms with Crippen LogP contribution in [0.5, 0.6) is 17.6 Å². The molecular formula is C21H21N3O4. The topological polar surface area (TPSA) is 86.5 Å². The highest BCUT2D eigenvalue weighted by atomic mass is 16.6. The molecule has 1 N–H and O–H groups in total. The highest BCUT2D eigenvalue weighted by Gasteiger charge is 2.25. The van der Waals surface area contributed by atoms with Crippen LogP contribution in [0.15, 0.2) is 65.5 Å². The van der Waals surface area contributed by atoms with Crippen LogP contribution in [0.4, 0.5) is 0 Å². The van der Waals surface area contributed by atoms with E-state index in [1.807, 2.05) is 30.3 Å². The summed E-state index contributed by atoms with van der Waals surface area (Å²) in [6, 6.07) is 12.7. The molecule has 28 heavy (non-hydrogen) atoms. The van der Waals surface area contributed by atoms with Gasteiger partial charge in [0.1, 0.15) is 11.9 Å². The smallest absolute Gasteiger partial charge is 0.290 e. The molecule has 1 aromatic carbocycles. The number of carbonyl (C=O) groups excluding carboxylic acids is 1. The van der Waals surface area contributed by atoms with E-state index in [0.717, 1.165) is 25.7 Å². The van der Waals surface area contributed by atoms with E-state index < -0.39 is 0 Å². The number of nitrogens with one attached hydrogen (secondary N) is 1. The van der Waals surface area contributed by atoms with Crippen LogP contribution in [0.1, 0.15) is 36.2 Å². The number of nitrogens with zero attached hydrogens (tertiary/aromatic N) is 2. The third-order valence-electron chi connectivity index (χ3n) is 4.60. The summed E-state index contributed by atoms with van der Waals surface area (Å²) in [6.45, 7) is 0. The second kappa shape index (κ2) is 8.56. The van der Waals surface area contributed by atoms with E-state index >= 15 is 0 Å². The standard InChI is InChI=1S/C21H21N3O4/c25-21(18-10-11-20(28-18)27-16-4-2-1-3-5-16)24-15-6-8-17(9-7-15)26-19-14-22-12-13-23-19/h1-5,10-15,17H,6-9H2,(H,24,25). The van der Waals surface area contributed by atoms with Crippen molar-refractivity contribution < 1.29 is 18.7 Å². The monoisotopic (exact) mass is 379 g/mol. The van der Waals surface area contributed by atoms with Crippen LogP contribution in [0.25, 0.3) is 0 Å². The average Bonchev–Trinajstić information content (AvgIpc) is 3.20. The van der Waals surface area contributed by atoms with Crippen LogP contribution < -0.4 is 14.8 Å². The minimum absolute atomic E-state index is 0.0952. The Morgan fingerprint density at radius 3 is 2.61 bits per heavy atom. The molecule has 7 nitrogen and oxygen atoms in total. The number of furan rings is 1. The van der Waals surface area contributed by atoms with Gasteiger partial charge >= 0.3 is 0 Å². The molecule has 0 unspecified atom stereocenters. The van der Waals surface area contributed by atoms with Crippen molar-refractivity contribution in [2.75, 3.05) is 0 Å². The zero-order valence-electron chi connectivity index (χ0n) is 15.3. The number of carbonyl (C=O) groups is 1. The molecule has 0 spiro atoms. The molecule has 0 bridgehead atoms. The van der Waals surface area contributed by atoms with Crippen molar-refractivity contribution in [3.63, 3.8) is 0 Å². The Morgan fingerprint density at radius 2 is 1.86 bits per heavy atom. The Hall–Kier alpha value is -3.35. The second-order valence-corrected chi connectivity index (χ2v) is 6.64. The normalized spacial score (nSPS) is 19.0. The van der Waals surface area contributed by atoms with Gasteiger partial charge in [-0.3, -0.25) is 9.78 Å². The van der Waals surface area contributed by atoms with Crippen molar-refractivity contribution in [3.05, 3.63) is 66.8 Å². The Kier molecular flexibility index (Phi) is 5.51. The van der Waals surface area contributed by atoms with Crippen LogP contribution in [0.3, 0.4) is 0 Å². The van der Waals surface area contributed by atoms with Gasteiger partial charge in [0.05, 0.1) is 6.20 Å². The van der Waals surface area contributed by atoms with Gasteiger partial charge in [-0.15, -0.1) is 0 Å². The van der Waals surface area contributed by atoms with Crippen molar-refractivity contribution >= 4 is 5.91 Å². The van der Waals surface area contributed by atoms with Crippen LogP contribution in [-0.2, 0) is 0 Å². The molecule has 0 atom stereocenters. The Bertz CT molecular complexity index is 890. The Balaban J connectivity index is 1.26. The SMILES string of the molecule is O=C(NC1CCC(Oc2cnccn2)CC1)c1ccc(Oc2ccccc2)o1. The molecule has 1 amide bonds. The number of hydrogen-bond donors (Lipinski definition) is 1. The summed E-state index contributed by atoms with van der Waals surface area (Å²) < 4.78 is 16.9. The van der Waals surface area contributed by atoms with Gasteiger partial charge < -0.3 is 19.2 Å². The van der Waals surface area contributed by atoms with Gasteiger partial charge in [0.25, 0.3) is 11.9 Å². The molecule has 144 valence electrons. The van der Waals surface area contributed by atoms with E-state index in [9.17, 15) is 4.79 Å². The van der Waals surface area contributed by atoms with Crippen LogP contribution >= 0.6 is 0 Å². The second-order valence-electron chi connectivity index (χ2n) is 6.64. The van der Waals surface area contributed by atoms with Crippen molar-refractivity contribution in [2.45, 2.75) is 37.8 Å². The number of hydrogen-bond acceptors (Lipinski definition) is 6.